The quantitative estimate of drug-likeness (QED) is 0.346. The first-order chi connectivity index (χ1) is 12.4. The normalized spacial score (nSPS) is 16.9. The van der Waals surface area contributed by atoms with Crippen molar-refractivity contribution in [3.05, 3.63) is 17.8 Å². The number of aromatic nitrogens is 1. The van der Waals surface area contributed by atoms with Gasteiger partial charge in [-0.1, -0.05) is 27.7 Å². The fourth-order valence-corrected chi connectivity index (χ4v) is 3.20. The van der Waals surface area contributed by atoms with Crippen LogP contribution in [0.25, 0.3) is 0 Å². The summed E-state index contributed by atoms with van der Waals surface area (Å²) >= 11 is 0. The van der Waals surface area contributed by atoms with Crippen LogP contribution >= 0.6 is 24.0 Å². The van der Waals surface area contributed by atoms with Crippen molar-refractivity contribution < 1.29 is 4.42 Å². The van der Waals surface area contributed by atoms with E-state index in [0.29, 0.717) is 12.4 Å². The Morgan fingerprint density at radius 3 is 2.52 bits per heavy atom. The third-order valence-electron chi connectivity index (χ3n) is 5.01. The van der Waals surface area contributed by atoms with Crippen LogP contribution in [0.1, 0.15) is 65.5 Å². The summed E-state index contributed by atoms with van der Waals surface area (Å²) in [5.41, 5.74) is -0.0228. The lowest BCUT2D eigenvalue weighted by Crippen LogP contribution is -2.39. The Morgan fingerprint density at radius 1 is 1.26 bits per heavy atom. The van der Waals surface area contributed by atoms with Crippen molar-refractivity contribution in [2.24, 2.45) is 10.9 Å². The van der Waals surface area contributed by atoms with Crippen LogP contribution in [0.3, 0.4) is 0 Å². The van der Waals surface area contributed by atoms with Crippen LogP contribution in [0, 0.1) is 5.92 Å². The minimum absolute atomic E-state index is 0. The van der Waals surface area contributed by atoms with Gasteiger partial charge in [-0.05, 0) is 51.7 Å². The number of halogens is 1. The number of hydrogen-bond acceptors (Lipinski definition) is 4. The van der Waals surface area contributed by atoms with Gasteiger partial charge in [0.15, 0.2) is 5.96 Å². The van der Waals surface area contributed by atoms with Crippen molar-refractivity contribution in [3.8, 4) is 0 Å². The smallest absolute Gasteiger partial charge is 0.216 e. The Kier molecular flexibility index (Phi) is 10.7. The first kappa shape index (κ1) is 24.2. The van der Waals surface area contributed by atoms with Gasteiger partial charge in [0.2, 0.25) is 5.89 Å². The number of nitrogens with zero attached hydrogens (tertiary/aromatic N) is 3. The largest absolute Gasteiger partial charge is 0.443 e. The molecule has 27 heavy (non-hydrogen) atoms. The summed E-state index contributed by atoms with van der Waals surface area (Å²) < 4.78 is 5.82. The predicted molar refractivity (Wildman–Crippen MR) is 123 cm³/mol. The maximum Gasteiger partial charge on any atom is 0.216 e. The summed E-state index contributed by atoms with van der Waals surface area (Å²) in [6, 6.07) is 0. The maximum atomic E-state index is 5.82. The second-order valence-corrected chi connectivity index (χ2v) is 8.16. The SMILES string of the molecule is CCNC(=NCc1ncc(C(C)(C)C)o1)NCCC1CCN(CC)CC1.I. The van der Waals surface area contributed by atoms with Gasteiger partial charge in [-0.2, -0.15) is 0 Å². The molecule has 1 fully saturated rings. The van der Waals surface area contributed by atoms with Crippen LogP contribution in [0.4, 0.5) is 0 Å². The fraction of sp³-hybridized carbons (Fsp3) is 0.800. The molecule has 7 heteroatoms. The summed E-state index contributed by atoms with van der Waals surface area (Å²) in [4.78, 5) is 11.5. The van der Waals surface area contributed by atoms with Crippen molar-refractivity contribution in [1.82, 2.24) is 20.5 Å². The van der Waals surface area contributed by atoms with Crippen molar-refractivity contribution in [3.63, 3.8) is 0 Å². The van der Waals surface area contributed by atoms with E-state index in [0.717, 1.165) is 30.7 Å². The number of likely N-dealkylation sites (tertiary alicyclic amines) is 1. The standard InChI is InChI=1S/C20H37N5O.HI/c1-6-21-19(22-11-8-16-9-12-25(7-2)13-10-16)24-15-18-23-14-17(26-18)20(3,4)5;/h14,16H,6-13,15H2,1-5H3,(H2,21,22,24);1H. The molecule has 1 aromatic heterocycles. The third-order valence-corrected chi connectivity index (χ3v) is 5.01. The predicted octanol–water partition coefficient (Wildman–Crippen LogP) is 3.77. The van der Waals surface area contributed by atoms with Crippen molar-refractivity contribution in [2.45, 2.75) is 65.8 Å². The molecule has 0 aliphatic carbocycles. The molecule has 1 aliphatic rings. The molecule has 0 saturated carbocycles. The van der Waals surface area contributed by atoms with E-state index in [2.05, 4.69) is 60.1 Å². The summed E-state index contributed by atoms with van der Waals surface area (Å²) in [7, 11) is 0. The summed E-state index contributed by atoms with van der Waals surface area (Å²) in [6.45, 7) is 16.6. The zero-order chi connectivity index (χ0) is 19.0. The third kappa shape index (κ3) is 8.37. The van der Waals surface area contributed by atoms with Gasteiger partial charge in [-0.25, -0.2) is 9.98 Å². The summed E-state index contributed by atoms with van der Waals surface area (Å²) in [6.07, 6.45) is 5.65. The second-order valence-electron chi connectivity index (χ2n) is 8.16. The van der Waals surface area contributed by atoms with E-state index in [1.54, 1.807) is 0 Å². The first-order valence-corrected chi connectivity index (χ1v) is 10.1. The number of nitrogens with one attached hydrogen (secondary N) is 2. The Bertz CT molecular complexity index is 559. The van der Waals surface area contributed by atoms with Crippen LogP contribution < -0.4 is 10.6 Å². The molecule has 0 atom stereocenters. The molecule has 1 aliphatic heterocycles. The minimum Gasteiger partial charge on any atom is -0.443 e. The van der Waals surface area contributed by atoms with E-state index >= 15 is 0 Å². The Hall–Kier alpha value is -0.830. The molecule has 0 bridgehead atoms. The highest BCUT2D eigenvalue weighted by atomic mass is 127. The summed E-state index contributed by atoms with van der Waals surface area (Å²) in [5, 5.41) is 6.76. The highest BCUT2D eigenvalue weighted by Crippen LogP contribution is 2.23. The van der Waals surface area contributed by atoms with Crippen LogP contribution in [0.15, 0.2) is 15.6 Å². The number of piperidine rings is 1. The minimum atomic E-state index is -0.0228. The number of guanidine groups is 1. The van der Waals surface area contributed by atoms with E-state index in [4.69, 9.17) is 4.42 Å². The van der Waals surface area contributed by atoms with Crippen LogP contribution in [0.2, 0.25) is 0 Å². The zero-order valence-electron chi connectivity index (χ0n) is 17.7. The van der Waals surface area contributed by atoms with Crippen LogP contribution in [0.5, 0.6) is 0 Å². The molecule has 0 aromatic carbocycles. The Labute approximate surface area is 182 Å². The Morgan fingerprint density at radius 2 is 1.96 bits per heavy atom. The van der Waals surface area contributed by atoms with Gasteiger partial charge in [0.05, 0.1) is 6.20 Å². The van der Waals surface area contributed by atoms with Gasteiger partial charge in [-0.3, -0.25) is 0 Å². The maximum absolute atomic E-state index is 5.82. The van der Waals surface area contributed by atoms with Gasteiger partial charge in [0, 0.05) is 18.5 Å². The van der Waals surface area contributed by atoms with E-state index in [1.807, 2.05) is 6.20 Å². The van der Waals surface area contributed by atoms with Crippen LogP contribution in [-0.4, -0.2) is 48.6 Å². The van der Waals surface area contributed by atoms with E-state index < -0.39 is 0 Å². The van der Waals surface area contributed by atoms with E-state index in [-0.39, 0.29) is 29.4 Å². The number of rotatable bonds is 7. The van der Waals surface area contributed by atoms with E-state index in [1.165, 1.54) is 38.9 Å². The molecular formula is C20H38IN5O. The lowest BCUT2D eigenvalue weighted by molar-refractivity contribution is 0.187. The van der Waals surface area contributed by atoms with Gasteiger partial charge in [-0.15, -0.1) is 24.0 Å². The van der Waals surface area contributed by atoms with E-state index in [9.17, 15) is 0 Å². The van der Waals surface area contributed by atoms with Crippen LogP contribution in [-0.2, 0) is 12.0 Å². The lowest BCUT2D eigenvalue weighted by atomic mass is 9.93. The van der Waals surface area contributed by atoms with Crippen molar-refractivity contribution in [2.75, 3.05) is 32.7 Å². The average Bonchev–Trinajstić information content (AvgIpc) is 3.10. The lowest BCUT2D eigenvalue weighted by Gasteiger charge is -2.31. The highest BCUT2D eigenvalue weighted by molar-refractivity contribution is 14.0. The number of aliphatic imine (C=N–C) groups is 1. The molecule has 0 amide bonds. The first-order valence-electron chi connectivity index (χ1n) is 10.1. The van der Waals surface area contributed by atoms with Crippen molar-refractivity contribution >= 4 is 29.9 Å². The second kappa shape index (κ2) is 11.9. The molecule has 1 aromatic rings. The molecule has 0 spiro atoms. The fourth-order valence-electron chi connectivity index (χ4n) is 3.20. The highest BCUT2D eigenvalue weighted by Gasteiger charge is 2.19. The Balaban J connectivity index is 0.00000364. The molecule has 2 heterocycles. The molecule has 2 rings (SSSR count). The zero-order valence-corrected chi connectivity index (χ0v) is 20.0. The molecule has 1 saturated heterocycles. The molecule has 156 valence electrons. The topological polar surface area (TPSA) is 65.7 Å². The molecule has 2 N–H and O–H groups in total. The number of oxazole rings is 1. The van der Waals surface area contributed by atoms with Crippen molar-refractivity contribution in [1.29, 1.82) is 0 Å². The molecular weight excluding hydrogens is 453 g/mol. The number of hydrogen-bond donors (Lipinski definition) is 2. The molecule has 0 unspecified atom stereocenters. The van der Waals surface area contributed by atoms with Gasteiger partial charge in [0.1, 0.15) is 12.3 Å². The average molecular weight is 491 g/mol. The molecule has 0 radical (unpaired) electrons. The van der Waals surface area contributed by atoms with Gasteiger partial charge < -0.3 is 20.0 Å². The van der Waals surface area contributed by atoms with Gasteiger partial charge in [0.25, 0.3) is 0 Å². The monoisotopic (exact) mass is 491 g/mol. The summed E-state index contributed by atoms with van der Waals surface area (Å²) in [5.74, 6) is 3.24. The van der Waals surface area contributed by atoms with Gasteiger partial charge >= 0.3 is 0 Å². The molecule has 6 nitrogen and oxygen atoms in total.